The average molecular weight is 862 g/mol. The van der Waals surface area contributed by atoms with E-state index < -0.39 is 0 Å². The van der Waals surface area contributed by atoms with Crippen molar-refractivity contribution in [1.82, 2.24) is 34.7 Å². The second kappa shape index (κ2) is 20.4. The van der Waals surface area contributed by atoms with Crippen molar-refractivity contribution in [2.45, 2.75) is 98.4 Å². The van der Waals surface area contributed by atoms with Crippen molar-refractivity contribution in [2.75, 3.05) is 66.7 Å². The molecule has 2 fully saturated rings. The number of thiazole rings is 1. The average Bonchev–Trinajstić information content (AvgIpc) is 3.89. The molecule has 0 radical (unpaired) electrons. The van der Waals surface area contributed by atoms with Crippen molar-refractivity contribution in [2.24, 2.45) is 0 Å². The highest BCUT2D eigenvalue weighted by Crippen LogP contribution is 2.32. The third-order valence-electron chi connectivity index (χ3n) is 12.0. The standard InChI is InChI=1S/C46H59N11O4S/c1-29-15-17-36(43(60)54-46-51-31(3)33(5)62-46)38(25-29)47-19-11-7-6-8-12-20-48-40(59)28-55-21-23-56(24-22-55)35-16-18-39(49-26-35)52-45-50-27-37-30(2)41(32(4)58)44(61)57(42(37)53-45)34-13-9-10-14-34/h15-18,25-27,34,47H,6-14,19-24,28H2,1-5H3,(H,48,59)(H,51,54,60)(H,49,50,52,53). The molecule has 2 aliphatic rings. The van der Waals surface area contributed by atoms with Crippen LogP contribution in [0.3, 0.4) is 0 Å². The number of Topliss-reactive ketones (excluding diaryl/α,β-unsaturated/α-hetero) is 1. The van der Waals surface area contributed by atoms with E-state index in [1.165, 1.54) is 18.3 Å². The van der Waals surface area contributed by atoms with Crippen LogP contribution in [0, 0.1) is 27.7 Å². The fraction of sp³-hybridized carbons (Fsp3) is 0.478. The van der Waals surface area contributed by atoms with Gasteiger partial charge in [0.05, 0.1) is 35.2 Å². The van der Waals surface area contributed by atoms with Crippen LogP contribution in [-0.4, -0.2) is 92.8 Å². The Morgan fingerprint density at radius 2 is 1.60 bits per heavy atom. The van der Waals surface area contributed by atoms with Gasteiger partial charge in [0, 0.05) is 67.5 Å². The Labute approximate surface area is 367 Å². The highest BCUT2D eigenvalue weighted by Gasteiger charge is 2.26. The number of fused-ring (bicyclic) bond motifs is 1. The molecule has 0 spiro atoms. The summed E-state index contributed by atoms with van der Waals surface area (Å²) < 4.78 is 1.71. The van der Waals surface area contributed by atoms with Crippen LogP contribution in [0.4, 0.5) is 28.3 Å². The van der Waals surface area contributed by atoms with Crippen molar-refractivity contribution in [1.29, 1.82) is 0 Å². The highest BCUT2D eigenvalue weighted by atomic mass is 32.1. The van der Waals surface area contributed by atoms with Crippen LogP contribution in [0.5, 0.6) is 0 Å². The van der Waals surface area contributed by atoms with E-state index in [1.54, 1.807) is 17.7 Å². The second-order valence-electron chi connectivity index (χ2n) is 16.6. The minimum Gasteiger partial charge on any atom is -0.384 e. The Balaban J connectivity index is 0.789. The molecule has 16 heteroatoms. The number of piperazine rings is 1. The smallest absolute Gasteiger partial charge is 0.263 e. The summed E-state index contributed by atoms with van der Waals surface area (Å²) in [6, 6.07) is 9.75. The first kappa shape index (κ1) is 44.3. The Kier molecular flexibility index (Phi) is 14.6. The summed E-state index contributed by atoms with van der Waals surface area (Å²) in [7, 11) is 0. The van der Waals surface area contributed by atoms with Crippen LogP contribution in [-0.2, 0) is 4.79 Å². The molecule has 7 rings (SSSR count). The number of carbonyl (C=O) groups excluding carboxylic acids is 3. The minimum absolute atomic E-state index is 0.00810. The minimum atomic E-state index is -0.275. The summed E-state index contributed by atoms with van der Waals surface area (Å²) >= 11 is 1.48. The number of rotatable bonds is 18. The number of hydrogen-bond acceptors (Lipinski definition) is 13. The van der Waals surface area contributed by atoms with Gasteiger partial charge in [0.15, 0.2) is 10.9 Å². The molecule has 0 unspecified atom stereocenters. The predicted molar refractivity (Wildman–Crippen MR) is 248 cm³/mol. The van der Waals surface area contributed by atoms with E-state index in [-0.39, 0.29) is 34.8 Å². The maximum atomic E-state index is 13.6. The molecular weight excluding hydrogens is 803 g/mol. The SMILES string of the molecule is CC(=O)c1c(C)c2cnc(Nc3ccc(N4CCN(CC(=O)NCCCCCCCNc5cc(C)ccc5C(=O)Nc5nc(C)c(C)s5)CC4)cn3)nc2n(C2CCCC2)c1=O. The summed E-state index contributed by atoms with van der Waals surface area (Å²) in [6.45, 7) is 14.2. The van der Waals surface area contributed by atoms with Crippen molar-refractivity contribution in [3.63, 3.8) is 0 Å². The Bertz CT molecular complexity index is 2430. The van der Waals surface area contributed by atoms with E-state index in [0.717, 1.165) is 118 Å². The lowest BCUT2D eigenvalue weighted by Crippen LogP contribution is -2.49. The number of pyridine rings is 2. The fourth-order valence-electron chi connectivity index (χ4n) is 8.42. The van der Waals surface area contributed by atoms with Crippen molar-refractivity contribution in [3.05, 3.63) is 85.9 Å². The topological polar surface area (TPSA) is 179 Å². The largest absolute Gasteiger partial charge is 0.384 e. The number of nitrogens with one attached hydrogen (secondary N) is 4. The number of unbranched alkanes of at least 4 members (excludes halogenated alkanes) is 4. The number of benzene rings is 1. The maximum Gasteiger partial charge on any atom is 0.263 e. The molecule has 4 aromatic heterocycles. The van der Waals surface area contributed by atoms with Gasteiger partial charge in [0.2, 0.25) is 11.9 Å². The van der Waals surface area contributed by atoms with Gasteiger partial charge in [0.25, 0.3) is 11.5 Å². The lowest BCUT2D eigenvalue weighted by molar-refractivity contribution is -0.122. The number of hydrogen-bond donors (Lipinski definition) is 4. The number of carbonyl (C=O) groups is 3. The zero-order valence-electron chi connectivity index (χ0n) is 36.6. The summed E-state index contributed by atoms with van der Waals surface area (Å²) in [5.74, 6) is 0.576. The molecule has 1 saturated heterocycles. The molecule has 2 amide bonds. The summed E-state index contributed by atoms with van der Waals surface area (Å²) in [6.07, 6.45) is 12.5. The van der Waals surface area contributed by atoms with Crippen LogP contribution in [0.1, 0.15) is 113 Å². The molecule has 0 atom stereocenters. The molecule has 1 saturated carbocycles. The lowest BCUT2D eigenvalue weighted by atomic mass is 10.0. The van der Waals surface area contributed by atoms with Gasteiger partial charge < -0.3 is 20.9 Å². The number of nitrogens with zero attached hydrogens (tertiary/aromatic N) is 7. The number of ketones is 1. The van der Waals surface area contributed by atoms with E-state index >= 15 is 0 Å². The molecule has 4 N–H and O–H groups in total. The molecule has 1 aliphatic carbocycles. The van der Waals surface area contributed by atoms with Crippen molar-refractivity contribution < 1.29 is 14.4 Å². The first-order chi connectivity index (χ1) is 29.9. The lowest BCUT2D eigenvalue weighted by Gasteiger charge is -2.35. The molecular formula is C46H59N11O4S. The Hall–Kier alpha value is -5.74. The molecule has 1 aromatic carbocycles. The molecule has 5 heterocycles. The molecule has 0 bridgehead atoms. The number of aromatic nitrogens is 5. The van der Waals surface area contributed by atoms with Gasteiger partial charge in [-0.3, -0.25) is 34.0 Å². The Morgan fingerprint density at radius 3 is 2.29 bits per heavy atom. The van der Waals surface area contributed by atoms with Crippen LogP contribution in [0.2, 0.25) is 0 Å². The van der Waals surface area contributed by atoms with Crippen LogP contribution < -0.4 is 31.7 Å². The quantitative estimate of drug-likeness (QED) is 0.0505. The zero-order chi connectivity index (χ0) is 43.8. The number of anilines is 5. The molecule has 328 valence electrons. The van der Waals surface area contributed by atoms with Gasteiger partial charge in [-0.25, -0.2) is 15.0 Å². The fourth-order valence-corrected chi connectivity index (χ4v) is 9.23. The normalized spacial score (nSPS) is 14.6. The van der Waals surface area contributed by atoms with Crippen molar-refractivity contribution >= 4 is 68.2 Å². The second-order valence-corrected chi connectivity index (χ2v) is 17.8. The van der Waals surface area contributed by atoms with E-state index in [1.807, 2.05) is 57.3 Å². The maximum absolute atomic E-state index is 13.6. The Morgan fingerprint density at radius 1 is 0.855 bits per heavy atom. The van der Waals surface area contributed by atoms with E-state index in [2.05, 4.69) is 46.0 Å². The summed E-state index contributed by atoms with van der Waals surface area (Å²) in [5, 5.41) is 14.0. The highest BCUT2D eigenvalue weighted by molar-refractivity contribution is 7.15. The first-order valence-electron chi connectivity index (χ1n) is 21.9. The summed E-state index contributed by atoms with van der Waals surface area (Å²) in [4.78, 5) is 75.7. The first-order valence-corrected chi connectivity index (χ1v) is 22.8. The van der Waals surface area contributed by atoms with Crippen LogP contribution in [0.25, 0.3) is 11.0 Å². The van der Waals surface area contributed by atoms with Crippen LogP contribution >= 0.6 is 11.3 Å². The van der Waals surface area contributed by atoms with Gasteiger partial charge in [-0.2, -0.15) is 4.98 Å². The van der Waals surface area contributed by atoms with Crippen LogP contribution in [0.15, 0.2) is 47.5 Å². The van der Waals surface area contributed by atoms with Gasteiger partial charge >= 0.3 is 0 Å². The van der Waals surface area contributed by atoms with E-state index in [4.69, 9.17) is 4.98 Å². The van der Waals surface area contributed by atoms with Gasteiger partial charge in [-0.15, -0.1) is 11.3 Å². The monoisotopic (exact) mass is 861 g/mol. The van der Waals surface area contributed by atoms with Crippen molar-refractivity contribution in [3.8, 4) is 0 Å². The summed E-state index contributed by atoms with van der Waals surface area (Å²) in [5.41, 5.74) is 5.56. The predicted octanol–water partition coefficient (Wildman–Crippen LogP) is 7.49. The number of aryl methyl sites for hydroxylation is 4. The number of amides is 2. The molecule has 1 aliphatic heterocycles. The van der Waals surface area contributed by atoms with E-state index in [9.17, 15) is 19.2 Å². The van der Waals surface area contributed by atoms with Gasteiger partial charge in [0.1, 0.15) is 11.5 Å². The van der Waals surface area contributed by atoms with Gasteiger partial charge in [-0.05, 0) is 95.7 Å². The molecule has 62 heavy (non-hydrogen) atoms. The van der Waals surface area contributed by atoms with Gasteiger partial charge in [-0.1, -0.05) is 38.2 Å². The van der Waals surface area contributed by atoms with E-state index in [0.29, 0.717) is 52.1 Å². The zero-order valence-corrected chi connectivity index (χ0v) is 37.4. The third kappa shape index (κ3) is 10.8. The molecule has 5 aromatic rings. The third-order valence-corrected chi connectivity index (χ3v) is 13.0. The molecule has 15 nitrogen and oxygen atoms in total.